The van der Waals surface area contributed by atoms with Crippen LogP contribution in [0.15, 0.2) is 0 Å². The zero-order valence-corrected chi connectivity index (χ0v) is 10.8. The number of alkyl halides is 1. The van der Waals surface area contributed by atoms with Gasteiger partial charge in [0.25, 0.3) is 0 Å². The number of hydrogen-bond donors (Lipinski definition) is 0. The molecule has 0 heterocycles. The summed E-state index contributed by atoms with van der Waals surface area (Å²) < 4.78 is 0. The van der Waals surface area contributed by atoms with Crippen molar-refractivity contribution in [3.05, 3.63) is 0 Å². The second-order valence-corrected chi connectivity index (χ2v) is 5.77. The van der Waals surface area contributed by atoms with Crippen molar-refractivity contribution in [3.8, 4) is 0 Å². The van der Waals surface area contributed by atoms with Crippen LogP contribution >= 0.6 is 11.6 Å². The molecule has 0 aromatic carbocycles. The van der Waals surface area contributed by atoms with Crippen LogP contribution in [0.4, 0.5) is 0 Å². The second-order valence-electron chi connectivity index (χ2n) is 4.96. The van der Waals surface area contributed by atoms with E-state index >= 15 is 0 Å². The average Bonchev–Trinajstić information content (AvgIpc) is 2.03. The van der Waals surface area contributed by atoms with Crippen molar-refractivity contribution < 1.29 is 0 Å². The summed E-state index contributed by atoms with van der Waals surface area (Å²) in [4.78, 5) is -0.0383. The van der Waals surface area contributed by atoms with Crippen LogP contribution in [0, 0.1) is 17.8 Å². The molecular formula is C12H25Cl. The van der Waals surface area contributed by atoms with Crippen molar-refractivity contribution in [3.63, 3.8) is 0 Å². The van der Waals surface area contributed by atoms with E-state index in [0.29, 0.717) is 11.8 Å². The Labute approximate surface area is 89.1 Å². The Kier molecular flexibility index (Phi) is 5.36. The first-order valence-corrected chi connectivity index (χ1v) is 5.89. The smallest absolute Gasteiger partial charge is 0.0467 e. The first-order chi connectivity index (χ1) is 5.82. The minimum Gasteiger partial charge on any atom is -0.119 e. The van der Waals surface area contributed by atoms with Gasteiger partial charge < -0.3 is 0 Å². The Hall–Kier alpha value is 0.290. The van der Waals surface area contributed by atoms with Crippen LogP contribution in [-0.2, 0) is 0 Å². The van der Waals surface area contributed by atoms with Crippen molar-refractivity contribution >= 4 is 11.6 Å². The number of rotatable bonds is 5. The van der Waals surface area contributed by atoms with Gasteiger partial charge in [0.1, 0.15) is 0 Å². The molecule has 0 aliphatic heterocycles. The molecule has 3 atom stereocenters. The van der Waals surface area contributed by atoms with Crippen LogP contribution in [0.1, 0.15) is 54.4 Å². The van der Waals surface area contributed by atoms with Crippen molar-refractivity contribution in [1.82, 2.24) is 0 Å². The molecule has 0 aliphatic rings. The Morgan fingerprint density at radius 1 is 1.15 bits per heavy atom. The molecule has 0 radical (unpaired) electrons. The highest BCUT2D eigenvalue weighted by Gasteiger charge is 2.32. The quantitative estimate of drug-likeness (QED) is 0.569. The first kappa shape index (κ1) is 13.3. The molecule has 0 aliphatic carbocycles. The van der Waals surface area contributed by atoms with Crippen LogP contribution in [0.5, 0.6) is 0 Å². The summed E-state index contributed by atoms with van der Waals surface area (Å²) in [5, 5.41) is 0. The molecule has 0 rings (SSSR count). The Morgan fingerprint density at radius 2 is 1.62 bits per heavy atom. The van der Waals surface area contributed by atoms with E-state index in [9.17, 15) is 0 Å². The number of hydrogen-bond acceptors (Lipinski definition) is 0. The van der Waals surface area contributed by atoms with Crippen molar-refractivity contribution in [2.45, 2.75) is 59.3 Å². The molecule has 0 saturated heterocycles. The third-order valence-electron chi connectivity index (χ3n) is 3.55. The summed E-state index contributed by atoms with van der Waals surface area (Å²) in [6.45, 7) is 13.4. The summed E-state index contributed by atoms with van der Waals surface area (Å²) in [7, 11) is 0. The third kappa shape index (κ3) is 3.89. The molecule has 0 saturated carbocycles. The van der Waals surface area contributed by atoms with Crippen molar-refractivity contribution in [2.75, 3.05) is 0 Å². The predicted molar refractivity (Wildman–Crippen MR) is 62.3 cm³/mol. The molecule has 0 bridgehead atoms. The largest absolute Gasteiger partial charge is 0.119 e. The fraction of sp³-hybridized carbons (Fsp3) is 1.00. The highest BCUT2D eigenvalue weighted by Crippen LogP contribution is 2.36. The molecule has 13 heavy (non-hydrogen) atoms. The van der Waals surface area contributed by atoms with Gasteiger partial charge in [0.05, 0.1) is 0 Å². The van der Waals surface area contributed by atoms with Gasteiger partial charge in [-0.1, -0.05) is 41.0 Å². The maximum atomic E-state index is 6.52. The minimum atomic E-state index is -0.0383. The molecular weight excluding hydrogens is 180 g/mol. The van der Waals surface area contributed by atoms with Crippen LogP contribution < -0.4 is 0 Å². The maximum Gasteiger partial charge on any atom is 0.0467 e. The van der Waals surface area contributed by atoms with Crippen molar-refractivity contribution in [1.29, 1.82) is 0 Å². The molecule has 0 N–H and O–H groups in total. The summed E-state index contributed by atoms with van der Waals surface area (Å²) in [6.07, 6.45) is 2.50. The third-order valence-corrected chi connectivity index (χ3v) is 4.35. The fourth-order valence-electron chi connectivity index (χ4n) is 1.57. The highest BCUT2D eigenvalue weighted by molar-refractivity contribution is 6.24. The lowest BCUT2D eigenvalue weighted by Crippen LogP contribution is -2.33. The molecule has 1 heteroatoms. The van der Waals surface area contributed by atoms with Gasteiger partial charge in [-0.3, -0.25) is 0 Å². The van der Waals surface area contributed by atoms with E-state index in [1.165, 1.54) is 12.8 Å². The molecule has 80 valence electrons. The fourth-order valence-corrected chi connectivity index (χ4v) is 1.66. The molecule has 0 nitrogen and oxygen atoms in total. The van der Waals surface area contributed by atoms with Gasteiger partial charge >= 0.3 is 0 Å². The SMILES string of the molecule is CCC(C)CC(C)C(C)(Cl)C(C)C. The van der Waals surface area contributed by atoms with Crippen LogP contribution in [-0.4, -0.2) is 4.87 Å². The van der Waals surface area contributed by atoms with Crippen LogP contribution in [0.3, 0.4) is 0 Å². The Morgan fingerprint density at radius 3 is 1.92 bits per heavy atom. The Bertz CT molecular complexity index is 138. The summed E-state index contributed by atoms with van der Waals surface area (Å²) in [5.74, 6) is 1.95. The summed E-state index contributed by atoms with van der Waals surface area (Å²) >= 11 is 6.52. The Balaban J connectivity index is 4.16. The molecule has 0 aromatic heterocycles. The predicted octanol–water partition coefficient (Wildman–Crippen LogP) is 4.71. The van der Waals surface area contributed by atoms with E-state index in [-0.39, 0.29) is 4.87 Å². The standard InChI is InChI=1S/C12H25Cl/c1-7-10(4)8-11(5)12(6,13)9(2)3/h9-11H,7-8H2,1-6H3. The van der Waals surface area contributed by atoms with Crippen molar-refractivity contribution in [2.24, 2.45) is 17.8 Å². The highest BCUT2D eigenvalue weighted by atomic mass is 35.5. The normalized spacial score (nSPS) is 21.2. The van der Waals surface area contributed by atoms with Crippen LogP contribution in [0.2, 0.25) is 0 Å². The maximum absolute atomic E-state index is 6.52. The van der Waals surface area contributed by atoms with Gasteiger partial charge in [-0.05, 0) is 31.1 Å². The number of halogens is 1. The minimum absolute atomic E-state index is 0.0383. The van der Waals surface area contributed by atoms with E-state index in [4.69, 9.17) is 11.6 Å². The van der Waals surface area contributed by atoms with E-state index in [1.54, 1.807) is 0 Å². The monoisotopic (exact) mass is 204 g/mol. The van der Waals surface area contributed by atoms with E-state index in [0.717, 1.165) is 5.92 Å². The van der Waals surface area contributed by atoms with Gasteiger partial charge in [0, 0.05) is 4.87 Å². The molecule has 0 aromatic rings. The molecule has 0 fully saturated rings. The van der Waals surface area contributed by atoms with Crippen LogP contribution in [0.25, 0.3) is 0 Å². The lowest BCUT2D eigenvalue weighted by Gasteiger charge is -2.34. The first-order valence-electron chi connectivity index (χ1n) is 5.51. The topological polar surface area (TPSA) is 0 Å². The van der Waals surface area contributed by atoms with Gasteiger partial charge in [-0.25, -0.2) is 0 Å². The van der Waals surface area contributed by atoms with Gasteiger partial charge in [0.15, 0.2) is 0 Å². The second kappa shape index (κ2) is 5.24. The zero-order valence-electron chi connectivity index (χ0n) is 10.0. The lowest BCUT2D eigenvalue weighted by atomic mass is 9.80. The van der Waals surface area contributed by atoms with Gasteiger partial charge in [-0.2, -0.15) is 0 Å². The molecule has 3 unspecified atom stereocenters. The zero-order chi connectivity index (χ0) is 10.6. The molecule has 0 amide bonds. The van der Waals surface area contributed by atoms with E-state index in [1.807, 2.05) is 0 Å². The lowest BCUT2D eigenvalue weighted by molar-refractivity contribution is 0.277. The molecule has 0 spiro atoms. The van der Waals surface area contributed by atoms with E-state index in [2.05, 4.69) is 41.5 Å². The van der Waals surface area contributed by atoms with Gasteiger partial charge in [-0.15, -0.1) is 11.6 Å². The van der Waals surface area contributed by atoms with Gasteiger partial charge in [0.2, 0.25) is 0 Å². The average molecular weight is 205 g/mol. The summed E-state index contributed by atoms with van der Waals surface area (Å²) in [6, 6.07) is 0. The van der Waals surface area contributed by atoms with E-state index < -0.39 is 0 Å². The summed E-state index contributed by atoms with van der Waals surface area (Å²) in [5.41, 5.74) is 0.